The number of alkyl halides is 3. The van der Waals surface area contributed by atoms with Crippen LogP contribution >= 0.6 is 11.8 Å². The summed E-state index contributed by atoms with van der Waals surface area (Å²) in [6.07, 6.45) is 7.00. The van der Waals surface area contributed by atoms with Gasteiger partial charge in [-0.3, -0.25) is 9.79 Å². The number of hydrogen-bond acceptors (Lipinski definition) is 4. The van der Waals surface area contributed by atoms with Crippen molar-refractivity contribution in [1.82, 2.24) is 0 Å². The largest absolute Gasteiger partial charge is 0.462 e. The van der Waals surface area contributed by atoms with Crippen LogP contribution in [0.25, 0.3) is 0 Å². The lowest BCUT2D eigenvalue weighted by Crippen LogP contribution is -2.50. The Morgan fingerprint density at radius 2 is 1.89 bits per heavy atom. The van der Waals surface area contributed by atoms with Crippen LogP contribution in [0.2, 0.25) is 0 Å². The van der Waals surface area contributed by atoms with E-state index in [1.165, 1.54) is 35.1 Å². The topological polar surface area (TPSA) is 38.7 Å². The summed E-state index contributed by atoms with van der Waals surface area (Å²) in [5.74, 6) is 1.51. The van der Waals surface area contributed by atoms with Crippen LogP contribution in [0, 0.1) is 28.6 Å². The Kier molecular flexibility index (Phi) is 5.57. The monoisotopic (exact) mass is 515 g/mol. The third-order valence-corrected chi connectivity index (χ3v) is 11.4. The van der Waals surface area contributed by atoms with Gasteiger partial charge in [0, 0.05) is 34.8 Å². The Morgan fingerprint density at radius 3 is 2.64 bits per heavy atom. The van der Waals surface area contributed by atoms with E-state index in [9.17, 15) is 18.0 Å². The van der Waals surface area contributed by atoms with E-state index in [0.29, 0.717) is 23.4 Å². The molecule has 6 atom stereocenters. The van der Waals surface area contributed by atoms with Crippen molar-refractivity contribution in [2.45, 2.75) is 82.9 Å². The first-order valence-corrected chi connectivity index (χ1v) is 13.8. The molecule has 0 unspecified atom stereocenters. The van der Waals surface area contributed by atoms with E-state index < -0.39 is 11.7 Å². The van der Waals surface area contributed by atoms with E-state index in [1.54, 1.807) is 17.8 Å². The third kappa shape index (κ3) is 3.71. The summed E-state index contributed by atoms with van der Waals surface area (Å²) in [4.78, 5) is 18.2. The predicted octanol–water partition coefficient (Wildman–Crippen LogP) is 8.27. The summed E-state index contributed by atoms with van der Waals surface area (Å²) < 4.78 is 45.4. The third-order valence-electron chi connectivity index (χ3n) is 9.89. The van der Waals surface area contributed by atoms with Crippen LogP contribution in [0.3, 0.4) is 0 Å². The number of rotatable bonds is 1. The molecule has 36 heavy (non-hydrogen) atoms. The van der Waals surface area contributed by atoms with Gasteiger partial charge in [0.15, 0.2) is 0 Å². The van der Waals surface area contributed by atoms with Gasteiger partial charge in [0.05, 0.1) is 11.3 Å². The smallest absolute Gasteiger partial charge is 0.416 e. The van der Waals surface area contributed by atoms with Gasteiger partial charge in [-0.1, -0.05) is 37.3 Å². The van der Waals surface area contributed by atoms with Gasteiger partial charge in [0.1, 0.15) is 6.10 Å². The standard InChI is InChI=1S/C29H32F3NO2S/c1-16(34)35-20-8-10-27(2)18(13-20)4-6-21-22(27)9-11-28(3)23(21)12-17-15-33-24-14-19(29(30,31)32)5-7-25(24)36-26(17)28/h4-5,7,14-15,20-23H,6,8-13H2,1-3H3/t20-,21+,22-,23-,27-,28-/m0/s1. The first-order chi connectivity index (χ1) is 17.0. The molecule has 0 aromatic heterocycles. The molecule has 5 aliphatic rings. The molecule has 192 valence electrons. The Bertz CT molecular complexity index is 1220. The average Bonchev–Trinajstić information content (AvgIpc) is 2.96. The number of halogens is 3. The zero-order valence-corrected chi connectivity index (χ0v) is 21.8. The van der Waals surface area contributed by atoms with E-state index in [-0.39, 0.29) is 22.9 Å². The molecule has 1 heterocycles. The number of allylic oxidation sites excluding steroid dienone is 3. The highest BCUT2D eigenvalue weighted by atomic mass is 32.2. The van der Waals surface area contributed by atoms with Gasteiger partial charge in [0.25, 0.3) is 0 Å². The minimum absolute atomic E-state index is 0.00184. The zero-order chi connectivity index (χ0) is 25.5. The fraction of sp³-hybridized carbons (Fsp3) is 0.586. The molecule has 1 aliphatic heterocycles. The number of thioether (sulfide) groups is 1. The molecule has 0 radical (unpaired) electrons. The first-order valence-electron chi connectivity index (χ1n) is 13.0. The number of aliphatic imine (C=N–C) groups is 1. The van der Waals surface area contributed by atoms with Crippen LogP contribution in [0.1, 0.15) is 71.3 Å². The summed E-state index contributed by atoms with van der Waals surface area (Å²) in [5.41, 5.74) is 2.63. The molecule has 2 fully saturated rings. The summed E-state index contributed by atoms with van der Waals surface area (Å²) in [6.45, 7) is 6.30. The molecular weight excluding hydrogens is 483 g/mol. The lowest BCUT2D eigenvalue weighted by molar-refractivity contribution is -0.148. The van der Waals surface area contributed by atoms with Gasteiger partial charge in [-0.25, -0.2) is 0 Å². The van der Waals surface area contributed by atoms with Crippen LogP contribution < -0.4 is 0 Å². The number of nitrogens with zero attached hydrogens (tertiary/aromatic N) is 1. The molecule has 6 rings (SSSR count). The molecule has 0 saturated heterocycles. The molecule has 7 heteroatoms. The van der Waals surface area contributed by atoms with Crippen molar-refractivity contribution in [2.75, 3.05) is 0 Å². The normalized spacial score (nSPS) is 37.1. The molecule has 0 bridgehead atoms. The molecule has 0 spiro atoms. The van der Waals surface area contributed by atoms with Crippen LogP contribution in [0.4, 0.5) is 18.9 Å². The summed E-state index contributed by atoms with van der Waals surface area (Å²) >= 11 is 1.64. The predicted molar refractivity (Wildman–Crippen MR) is 135 cm³/mol. The number of fused-ring (bicyclic) bond motifs is 7. The van der Waals surface area contributed by atoms with Crippen molar-refractivity contribution >= 4 is 29.6 Å². The van der Waals surface area contributed by atoms with Gasteiger partial charge < -0.3 is 4.74 Å². The Hall–Kier alpha value is -2.02. The lowest BCUT2D eigenvalue weighted by atomic mass is 9.48. The van der Waals surface area contributed by atoms with Gasteiger partial charge in [-0.05, 0) is 85.5 Å². The van der Waals surface area contributed by atoms with Crippen molar-refractivity contribution < 1.29 is 22.7 Å². The van der Waals surface area contributed by atoms with Gasteiger partial charge >= 0.3 is 12.1 Å². The molecular formula is C29H32F3NO2S. The molecule has 3 nitrogen and oxygen atoms in total. The van der Waals surface area contributed by atoms with Crippen LogP contribution in [-0.4, -0.2) is 18.3 Å². The molecule has 4 aliphatic carbocycles. The fourth-order valence-corrected chi connectivity index (χ4v) is 9.40. The second kappa shape index (κ2) is 8.24. The highest BCUT2D eigenvalue weighted by molar-refractivity contribution is 8.03. The van der Waals surface area contributed by atoms with E-state index in [1.807, 2.05) is 6.21 Å². The number of hydrogen-bond donors (Lipinski definition) is 0. The zero-order valence-electron chi connectivity index (χ0n) is 21.0. The van der Waals surface area contributed by atoms with Crippen molar-refractivity contribution in [3.05, 3.63) is 45.9 Å². The van der Waals surface area contributed by atoms with Gasteiger partial charge in [-0.15, -0.1) is 0 Å². The van der Waals surface area contributed by atoms with Gasteiger partial charge in [-0.2, -0.15) is 13.2 Å². The maximum atomic E-state index is 13.3. The summed E-state index contributed by atoms with van der Waals surface area (Å²) in [5, 5.41) is 0. The van der Waals surface area contributed by atoms with Crippen molar-refractivity contribution in [3.63, 3.8) is 0 Å². The average molecular weight is 516 g/mol. The maximum Gasteiger partial charge on any atom is 0.416 e. The SMILES string of the molecule is CC(=O)O[C@H]1CC[C@@]2(C)C(=CC[C@@H]3[C@@H]2CC[C@]2(C)C4=C(C=Nc5cc(C(F)(F)F)ccc5S4)C[C@@H]32)C1. The number of benzene rings is 1. The molecule has 2 saturated carbocycles. The minimum atomic E-state index is -4.37. The van der Waals surface area contributed by atoms with E-state index in [2.05, 4.69) is 24.9 Å². The number of carbonyl (C=O) groups excluding carboxylic acids is 1. The van der Waals surface area contributed by atoms with Crippen molar-refractivity contribution in [2.24, 2.45) is 33.6 Å². The minimum Gasteiger partial charge on any atom is -0.462 e. The number of carbonyl (C=O) groups is 1. The highest BCUT2D eigenvalue weighted by Crippen LogP contribution is 2.68. The quantitative estimate of drug-likeness (QED) is 0.279. The second-order valence-electron chi connectivity index (χ2n) is 11.8. The van der Waals surface area contributed by atoms with E-state index >= 15 is 0 Å². The maximum absolute atomic E-state index is 13.3. The Morgan fingerprint density at radius 1 is 1.11 bits per heavy atom. The van der Waals surface area contributed by atoms with E-state index in [4.69, 9.17) is 4.74 Å². The van der Waals surface area contributed by atoms with Crippen LogP contribution in [0.15, 0.2) is 50.2 Å². The fourth-order valence-electron chi connectivity index (χ4n) is 8.07. The number of ether oxygens (including phenoxy) is 1. The molecule has 1 aromatic rings. The van der Waals surface area contributed by atoms with Crippen LogP contribution in [0.5, 0.6) is 0 Å². The van der Waals surface area contributed by atoms with Crippen molar-refractivity contribution in [1.29, 1.82) is 0 Å². The molecule has 0 amide bonds. The first kappa shape index (κ1) is 24.3. The molecule has 1 aromatic carbocycles. The van der Waals surface area contributed by atoms with Crippen LogP contribution in [-0.2, 0) is 15.7 Å². The van der Waals surface area contributed by atoms with Gasteiger partial charge in [0.2, 0.25) is 0 Å². The lowest BCUT2D eigenvalue weighted by Gasteiger charge is -2.57. The second-order valence-corrected chi connectivity index (χ2v) is 12.8. The number of esters is 1. The Balaban J connectivity index is 1.27. The molecule has 0 N–H and O–H groups in total. The summed E-state index contributed by atoms with van der Waals surface area (Å²) in [7, 11) is 0. The van der Waals surface area contributed by atoms with E-state index in [0.717, 1.165) is 49.8 Å². The Labute approximate surface area is 214 Å². The summed E-state index contributed by atoms with van der Waals surface area (Å²) in [6, 6.07) is 3.95. The highest BCUT2D eigenvalue weighted by Gasteiger charge is 2.58. The van der Waals surface area contributed by atoms with Crippen molar-refractivity contribution in [3.8, 4) is 0 Å².